The summed E-state index contributed by atoms with van der Waals surface area (Å²) in [5.74, 6) is -0.304. The number of fused-ring (bicyclic) bond motifs is 4. The van der Waals surface area contributed by atoms with Crippen molar-refractivity contribution in [1.29, 1.82) is 0 Å². The van der Waals surface area contributed by atoms with Gasteiger partial charge in [0.1, 0.15) is 29.8 Å². The van der Waals surface area contributed by atoms with Crippen molar-refractivity contribution < 1.29 is 25.0 Å². The molecule has 0 unspecified atom stereocenters. The van der Waals surface area contributed by atoms with E-state index in [1.54, 1.807) is 4.90 Å². The number of anilines is 2. The van der Waals surface area contributed by atoms with Gasteiger partial charge in [-0.1, -0.05) is 12.3 Å². The highest BCUT2D eigenvalue weighted by Gasteiger charge is 2.49. The Bertz CT molecular complexity index is 2010. The third-order valence-electron chi connectivity index (χ3n) is 9.91. The number of aromatic nitrogens is 3. The van der Waals surface area contributed by atoms with E-state index in [0.29, 0.717) is 43.1 Å². The lowest BCUT2D eigenvalue weighted by atomic mass is 9.95. The molecule has 45 heavy (non-hydrogen) atoms. The minimum absolute atomic E-state index is 0.0318. The first kappa shape index (κ1) is 26.1. The number of benzene rings is 2. The monoisotopic (exact) mass is 618 g/mol. The van der Waals surface area contributed by atoms with E-state index in [4.69, 9.17) is 19.6 Å². The van der Waals surface area contributed by atoms with E-state index in [-0.39, 0.29) is 58.3 Å². The molecule has 4 atom stereocenters. The van der Waals surface area contributed by atoms with Gasteiger partial charge in [-0.3, -0.25) is 9.88 Å². The number of nitrogens with zero attached hydrogens (tertiary/aromatic N) is 5. The zero-order chi connectivity index (χ0) is 32.8. The van der Waals surface area contributed by atoms with E-state index >= 15 is 4.39 Å². The van der Waals surface area contributed by atoms with E-state index in [2.05, 4.69) is 25.8 Å². The van der Waals surface area contributed by atoms with Crippen molar-refractivity contribution in [2.45, 2.75) is 62.7 Å². The molecule has 3 saturated heterocycles. The van der Waals surface area contributed by atoms with E-state index in [0.717, 1.165) is 31.7 Å². The normalized spacial score (nSPS) is 27.1. The molecule has 1 aliphatic carbocycles. The van der Waals surface area contributed by atoms with Crippen LogP contribution < -0.4 is 15.4 Å². The topological polar surface area (TPSA) is 80.4 Å². The van der Waals surface area contributed by atoms with Gasteiger partial charge >= 0.3 is 6.01 Å². The van der Waals surface area contributed by atoms with Crippen LogP contribution in [-0.4, -0.2) is 63.8 Å². The number of hydrogen-bond acceptors (Lipinski definition) is 7. The summed E-state index contributed by atoms with van der Waals surface area (Å²) in [5.41, 5.74) is 4.26. The molecule has 1 saturated carbocycles. The van der Waals surface area contributed by atoms with Gasteiger partial charge in [-0.2, -0.15) is 9.97 Å². The summed E-state index contributed by atoms with van der Waals surface area (Å²) in [6, 6.07) is 3.55. The lowest BCUT2D eigenvalue weighted by molar-refractivity contribution is 0.107. The highest BCUT2D eigenvalue weighted by Crippen LogP contribution is 2.46. The maximum absolute atomic E-state index is 16.9. The fraction of sp³-hybridized carbons (Fsp3) is 0.441. The first-order valence-corrected chi connectivity index (χ1v) is 15.4. The summed E-state index contributed by atoms with van der Waals surface area (Å²) in [4.78, 5) is 17.4. The zero-order valence-corrected chi connectivity index (χ0v) is 24.4. The summed E-state index contributed by atoms with van der Waals surface area (Å²) < 4.78 is 84.9. The summed E-state index contributed by atoms with van der Waals surface area (Å²) in [5, 5.41) is 0.519. The number of rotatable bonds is 5. The van der Waals surface area contributed by atoms with Crippen LogP contribution in [0.1, 0.15) is 53.3 Å². The standard InChI is InChI=1S/C34H32F4N6O/c1-2-22-27-19(11-25(36)28(22)37)10-21(39)13-23(27)30-29(38)31-24(15-40-30)32(44-9-4-3-6-18-12-26(18)44)42-33(41-31)45-17-34-7-5-8-43(34)16-20(35)14-34/h1,10-11,13,15,18,20,26H,3-9,12,14,16-17,39H2/t18-,20-,26+,34+/m1/s1/i17D2. The predicted molar refractivity (Wildman–Crippen MR) is 164 cm³/mol. The summed E-state index contributed by atoms with van der Waals surface area (Å²) in [6.45, 7) is -1.08. The van der Waals surface area contributed by atoms with Gasteiger partial charge in [-0.15, -0.1) is 6.42 Å². The van der Waals surface area contributed by atoms with Gasteiger partial charge < -0.3 is 15.4 Å². The van der Waals surface area contributed by atoms with Crippen LogP contribution in [0.25, 0.3) is 32.9 Å². The Morgan fingerprint density at radius 1 is 1.13 bits per heavy atom. The van der Waals surface area contributed by atoms with Crippen LogP contribution in [0.15, 0.2) is 24.4 Å². The highest BCUT2D eigenvalue weighted by molar-refractivity contribution is 6.03. The minimum Gasteiger partial charge on any atom is -0.461 e. The zero-order valence-electron chi connectivity index (χ0n) is 26.4. The van der Waals surface area contributed by atoms with E-state index in [9.17, 15) is 13.2 Å². The molecule has 8 rings (SSSR count). The molecule has 4 aromatic rings. The molecule has 2 aromatic carbocycles. The number of nitrogens with two attached hydrogens (primary N) is 1. The Balaban J connectivity index is 1.32. The molecule has 2 N–H and O–H groups in total. The SMILES string of the molecule is [2H]C([2H])(Oc1nc(N2CCCC[C@@H]3C[C@@H]32)c2cnc(-c3cc(N)cc4cc(F)c(F)c(C#C)c34)c(F)c2n1)[C@@]12CCCN1C[C@H](F)C2. The smallest absolute Gasteiger partial charge is 0.319 e. The predicted octanol–water partition coefficient (Wildman–Crippen LogP) is 6.16. The molecule has 4 fully saturated rings. The second-order valence-electron chi connectivity index (χ2n) is 12.7. The fourth-order valence-corrected chi connectivity index (χ4v) is 7.75. The fourth-order valence-electron chi connectivity index (χ4n) is 7.75. The van der Waals surface area contributed by atoms with E-state index in [1.807, 2.05) is 0 Å². The summed E-state index contributed by atoms with van der Waals surface area (Å²) in [7, 11) is 0. The van der Waals surface area contributed by atoms with Crippen molar-refractivity contribution in [3.63, 3.8) is 0 Å². The van der Waals surface area contributed by atoms with Crippen LogP contribution in [0.4, 0.5) is 29.1 Å². The molecule has 0 radical (unpaired) electrons. The molecular weight excluding hydrogens is 584 g/mol. The maximum Gasteiger partial charge on any atom is 0.319 e. The molecule has 0 bridgehead atoms. The van der Waals surface area contributed by atoms with Gasteiger partial charge in [0.15, 0.2) is 17.5 Å². The Kier molecular flexibility index (Phi) is 6.05. The Hall–Kier alpha value is -4.17. The van der Waals surface area contributed by atoms with Crippen molar-refractivity contribution in [2.75, 3.05) is 36.8 Å². The van der Waals surface area contributed by atoms with E-state index in [1.165, 1.54) is 18.3 Å². The van der Waals surface area contributed by atoms with Gasteiger partial charge in [-0.25, -0.2) is 17.6 Å². The summed E-state index contributed by atoms with van der Waals surface area (Å²) in [6.07, 6.45) is 10.9. The first-order chi connectivity index (χ1) is 22.5. The Morgan fingerprint density at radius 3 is 2.84 bits per heavy atom. The lowest BCUT2D eigenvalue weighted by Gasteiger charge is -2.31. The van der Waals surface area contributed by atoms with Crippen molar-refractivity contribution >= 4 is 33.2 Å². The molecular formula is C34H32F4N6O. The number of ether oxygens (including phenoxy) is 1. The Morgan fingerprint density at radius 2 is 2.00 bits per heavy atom. The molecule has 0 spiro atoms. The number of terminal acetylenes is 1. The van der Waals surface area contributed by atoms with E-state index < -0.39 is 41.3 Å². The van der Waals surface area contributed by atoms with Crippen LogP contribution in [-0.2, 0) is 0 Å². The van der Waals surface area contributed by atoms with Crippen molar-refractivity contribution in [1.82, 2.24) is 19.9 Å². The third-order valence-corrected chi connectivity index (χ3v) is 9.91. The molecule has 7 nitrogen and oxygen atoms in total. The number of alkyl halides is 1. The number of halogens is 4. The van der Waals surface area contributed by atoms with Crippen molar-refractivity contribution in [3.05, 3.63) is 47.4 Å². The van der Waals surface area contributed by atoms with Crippen LogP contribution in [0.3, 0.4) is 0 Å². The van der Waals surface area contributed by atoms with Crippen molar-refractivity contribution in [2.24, 2.45) is 5.92 Å². The summed E-state index contributed by atoms with van der Waals surface area (Å²) >= 11 is 0. The van der Waals surface area contributed by atoms with Crippen LogP contribution >= 0.6 is 0 Å². The minimum atomic E-state index is -2.39. The van der Waals surface area contributed by atoms with Gasteiger partial charge in [0.05, 0.1) is 19.2 Å². The van der Waals surface area contributed by atoms with Crippen LogP contribution in [0.5, 0.6) is 6.01 Å². The second-order valence-corrected chi connectivity index (χ2v) is 12.7. The second kappa shape index (κ2) is 10.4. The molecule has 11 heteroatoms. The molecule has 2 aromatic heterocycles. The van der Waals surface area contributed by atoms with Gasteiger partial charge in [-0.05, 0) is 68.2 Å². The Labute approximate surface area is 260 Å². The quantitative estimate of drug-likeness (QED) is 0.163. The third kappa shape index (κ3) is 4.56. The number of hydrogen-bond donors (Lipinski definition) is 1. The first-order valence-electron chi connectivity index (χ1n) is 16.4. The largest absolute Gasteiger partial charge is 0.461 e. The highest BCUT2D eigenvalue weighted by atomic mass is 19.2. The molecule has 5 heterocycles. The molecule has 3 aliphatic heterocycles. The molecule has 0 amide bonds. The van der Waals surface area contributed by atoms with Crippen LogP contribution in [0.2, 0.25) is 0 Å². The van der Waals surface area contributed by atoms with Gasteiger partial charge in [0, 0.05) is 48.4 Å². The van der Waals surface area contributed by atoms with Gasteiger partial charge in [0.2, 0.25) is 0 Å². The maximum atomic E-state index is 16.9. The van der Waals surface area contributed by atoms with Crippen molar-refractivity contribution in [3.8, 4) is 29.6 Å². The number of pyridine rings is 1. The molecule has 4 aliphatic rings. The lowest BCUT2D eigenvalue weighted by Crippen LogP contribution is -2.43. The molecule has 232 valence electrons. The van der Waals surface area contributed by atoms with Crippen LogP contribution in [0, 0.1) is 35.7 Å². The number of nitrogen functional groups attached to an aromatic ring is 1. The average Bonchev–Trinajstić information content (AvgIpc) is 3.60. The van der Waals surface area contributed by atoms with Gasteiger partial charge in [0.25, 0.3) is 0 Å². The average molecular weight is 619 g/mol.